The number of aryl methyl sites for hydroxylation is 2. The monoisotopic (exact) mass is 553 g/mol. The van der Waals surface area contributed by atoms with Gasteiger partial charge in [0.15, 0.2) is 0 Å². The molecule has 0 radical (unpaired) electrons. The van der Waals surface area contributed by atoms with Crippen LogP contribution in [0.1, 0.15) is 74.6 Å². The van der Waals surface area contributed by atoms with Gasteiger partial charge < -0.3 is 20.5 Å². The van der Waals surface area contributed by atoms with Gasteiger partial charge in [-0.15, -0.1) is 0 Å². The van der Waals surface area contributed by atoms with Crippen LogP contribution >= 0.6 is 11.6 Å². The number of halogens is 1. The van der Waals surface area contributed by atoms with Crippen molar-refractivity contribution in [2.45, 2.75) is 89.2 Å². The molecule has 5 rings (SSSR count). The zero-order valence-electron chi connectivity index (χ0n) is 22.6. The quantitative estimate of drug-likeness (QED) is 0.317. The standard InChI is InChI=1S/C31H40ClN3O4/c32-24-7-3-5-22(17-24)20-31(13-1-2-14-31)30(38)35-27(29(36)37)12-16-39-26-18-21(19-26)8-10-25-11-9-23-6-4-15-33-28(23)34-25/h3,5,7,9,11,17,21,26-27H,1-2,4,6,8,10,12-16,18-20H2,(H,33,34)(H,35,38)(H,36,37)/t21-,26-,27-/m0/s1. The Morgan fingerprint density at radius 2 is 2.00 bits per heavy atom. The van der Waals surface area contributed by atoms with E-state index in [9.17, 15) is 14.7 Å². The molecule has 1 atom stereocenters. The normalized spacial score (nSPS) is 22.3. The first kappa shape index (κ1) is 27.9. The van der Waals surface area contributed by atoms with Gasteiger partial charge in [-0.25, -0.2) is 9.78 Å². The molecule has 2 saturated carbocycles. The minimum atomic E-state index is -1.01. The summed E-state index contributed by atoms with van der Waals surface area (Å²) >= 11 is 6.16. The van der Waals surface area contributed by atoms with Gasteiger partial charge in [0.2, 0.25) is 5.91 Å². The van der Waals surface area contributed by atoms with Gasteiger partial charge in [0, 0.05) is 30.3 Å². The van der Waals surface area contributed by atoms with Gasteiger partial charge in [-0.05, 0) is 93.0 Å². The summed E-state index contributed by atoms with van der Waals surface area (Å²) in [6, 6.07) is 11.0. The molecule has 7 nitrogen and oxygen atoms in total. The van der Waals surface area contributed by atoms with Crippen LogP contribution in [0.15, 0.2) is 36.4 Å². The number of nitrogens with one attached hydrogen (secondary N) is 2. The number of benzene rings is 1. The van der Waals surface area contributed by atoms with Crippen molar-refractivity contribution < 1.29 is 19.4 Å². The Bertz CT molecular complexity index is 1160. The summed E-state index contributed by atoms with van der Waals surface area (Å²) in [7, 11) is 0. The number of carbonyl (C=O) groups is 2. The molecule has 1 aromatic carbocycles. The van der Waals surface area contributed by atoms with Crippen molar-refractivity contribution >= 4 is 29.3 Å². The Morgan fingerprint density at radius 1 is 1.18 bits per heavy atom. The summed E-state index contributed by atoms with van der Waals surface area (Å²) in [4.78, 5) is 30.2. The second kappa shape index (κ2) is 12.7. The van der Waals surface area contributed by atoms with E-state index in [1.165, 1.54) is 12.0 Å². The summed E-state index contributed by atoms with van der Waals surface area (Å²) in [5.41, 5.74) is 2.89. The van der Waals surface area contributed by atoms with Gasteiger partial charge >= 0.3 is 5.97 Å². The van der Waals surface area contributed by atoms with Crippen molar-refractivity contribution in [2.24, 2.45) is 11.3 Å². The van der Waals surface area contributed by atoms with E-state index in [2.05, 4.69) is 22.8 Å². The van der Waals surface area contributed by atoms with Gasteiger partial charge in [-0.1, -0.05) is 42.6 Å². The predicted octanol–water partition coefficient (Wildman–Crippen LogP) is 5.58. The van der Waals surface area contributed by atoms with Crippen LogP contribution in [0.3, 0.4) is 0 Å². The van der Waals surface area contributed by atoms with Gasteiger partial charge in [-0.2, -0.15) is 0 Å². The van der Waals surface area contributed by atoms with Crippen molar-refractivity contribution in [3.8, 4) is 0 Å². The minimum Gasteiger partial charge on any atom is -0.480 e. The van der Waals surface area contributed by atoms with E-state index in [1.54, 1.807) is 0 Å². The number of rotatable bonds is 12. The summed E-state index contributed by atoms with van der Waals surface area (Å²) in [5.74, 6) is 0.491. The molecule has 1 amide bonds. The largest absolute Gasteiger partial charge is 0.480 e. The number of amides is 1. The Kier molecular flexibility index (Phi) is 9.08. The first-order chi connectivity index (χ1) is 18.9. The lowest BCUT2D eigenvalue weighted by molar-refractivity contribution is -0.145. The smallest absolute Gasteiger partial charge is 0.326 e. The molecule has 0 unspecified atom stereocenters. The van der Waals surface area contributed by atoms with Crippen molar-refractivity contribution in [3.05, 3.63) is 58.2 Å². The summed E-state index contributed by atoms with van der Waals surface area (Å²) in [6.07, 6.45) is 10.8. The number of carboxylic acids is 1. The predicted molar refractivity (Wildman–Crippen MR) is 152 cm³/mol. The number of anilines is 1. The van der Waals surface area contributed by atoms with Crippen LogP contribution in [0.4, 0.5) is 5.82 Å². The van der Waals surface area contributed by atoms with Crippen LogP contribution < -0.4 is 10.6 Å². The molecule has 210 valence electrons. The van der Waals surface area contributed by atoms with E-state index < -0.39 is 17.4 Å². The Labute approximate surface area is 236 Å². The molecular weight excluding hydrogens is 514 g/mol. The topological polar surface area (TPSA) is 101 Å². The highest BCUT2D eigenvalue weighted by Gasteiger charge is 2.42. The number of aromatic nitrogens is 1. The molecule has 0 saturated heterocycles. The average Bonchev–Trinajstić information content (AvgIpc) is 3.38. The molecular formula is C31H40ClN3O4. The molecule has 0 bridgehead atoms. The third kappa shape index (κ3) is 7.12. The first-order valence-electron chi connectivity index (χ1n) is 14.5. The molecule has 2 aliphatic carbocycles. The highest BCUT2D eigenvalue weighted by Crippen LogP contribution is 2.42. The molecule has 39 heavy (non-hydrogen) atoms. The highest BCUT2D eigenvalue weighted by molar-refractivity contribution is 6.30. The van der Waals surface area contributed by atoms with Gasteiger partial charge in [0.05, 0.1) is 11.5 Å². The first-order valence-corrected chi connectivity index (χ1v) is 14.9. The number of hydrogen-bond acceptors (Lipinski definition) is 5. The zero-order chi connectivity index (χ0) is 27.2. The van der Waals surface area contributed by atoms with E-state index in [0.29, 0.717) is 24.0 Å². The van der Waals surface area contributed by atoms with Crippen molar-refractivity contribution in [1.29, 1.82) is 0 Å². The van der Waals surface area contributed by atoms with E-state index >= 15 is 0 Å². The third-order valence-electron chi connectivity index (χ3n) is 8.79. The Morgan fingerprint density at radius 3 is 2.77 bits per heavy atom. The van der Waals surface area contributed by atoms with Crippen LogP contribution in [0.2, 0.25) is 5.02 Å². The number of hydrogen-bond donors (Lipinski definition) is 3. The maximum atomic E-state index is 13.4. The maximum Gasteiger partial charge on any atom is 0.326 e. The van der Waals surface area contributed by atoms with Crippen molar-refractivity contribution in [2.75, 3.05) is 18.5 Å². The lowest BCUT2D eigenvalue weighted by Gasteiger charge is -2.35. The van der Waals surface area contributed by atoms with Crippen molar-refractivity contribution in [1.82, 2.24) is 10.3 Å². The SMILES string of the molecule is O=C(O)[C@H](CCO[C@H]1C[C@H](CCc2ccc3c(n2)NCCC3)C1)NC(=O)C1(Cc2cccc(Cl)c2)CCCC1. The fourth-order valence-electron chi connectivity index (χ4n) is 6.40. The highest BCUT2D eigenvalue weighted by atomic mass is 35.5. The van der Waals surface area contributed by atoms with Crippen LogP contribution in [0, 0.1) is 11.3 Å². The molecule has 8 heteroatoms. The van der Waals surface area contributed by atoms with E-state index in [0.717, 1.165) is 81.4 Å². The molecule has 2 fully saturated rings. The molecule has 3 N–H and O–H groups in total. The lowest BCUT2D eigenvalue weighted by Crippen LogP contribution is -2.49. The maximum absolute atomic E-state index is 13.4. The molecule has 2 heterocycles. The molecule has 0 spiro atoms. The Hall–Kier alpha value is -2.64. The third-order valence-corrected chi connectivity index (χ3v) is 9.03. The van der Waals surface area contributed by atoms with Gasteiger partial charge in [0.25, 0.3) is 0 Å². The number of carboxylic acid groups (broad SMARTS) is 1. The van der Waals surface area contributed by atoms with Crippen LogP contribution in [0.5, 0.6) is 0 Å². The summed E-state index contributed by atoms with van der Waals surface area (Å²) < 4.78 is 6.00. The molecule has 2 aromatic rings. The second-order valence-corrected chi connectivity index (χ2v) is 12.1. The second-order valence-electron chi connectivity index (χ2n) is 11.7. The minimum absolute atomic E-state index is 0.165. The molecule has 1 aliphatic heterocycles. The number of carbonyl (C=O) groups excluding carboxylic acids is 1. The van der Waals surface area contributed by atoms with Crippen molar-refractivity contribution in [3.63, 3.8) is 0 Å². The summed E-state index contributed by atoms with van der Waals surface area (Å²) in [5, 5.41) is 16.7. The lowest BCUT2D eigenvalue weighted by atomic mass is 9.78. The zero-order valence-corrected chi connectivity index (χ0v) is 23.3. The van der Waals surface area contributed by atoms with E-state index in [4.69, 9.17) is 21.3 Å². The van der Waals surface area contributed by atoms with E-state index in [1.807, 2.05) is 24.3 Å². The number of nitrogens with zero attached hydrogens (tertiary/aromatic N) is 1. The van der Waals surface area contributed by atoms with E-state index in [-0.39, 0.29) is 18.4 Å². The fourth-order valence-corrected chi connectivity index (χ4v) is 6.61. The molecule has 1 aromatic heterocycles. The fraction of sp³-hybridized carbons (Fsp3) is 0.581. The average molecular weight is 554 g/mol. The number of aliphatic carboxylic acids is 1. The van der Waals surface area contributed by atoms with Gasteiger partial charge in [-0.3, -0.25) is 4.79 Å². The van der Waals surface area contributed by atoms with Crippen LogP contribution in [-0.4, -0.2) is 47.3 Å². The van der Waals surface area contributed by atoms with Gasteiger partial charge in [0.1, 0.15) is 11.9 Å². The summed E-state index contributed by atoms with van der Waals surface area (Å²) in [6.45, 7) is 1.33. The number of ether oxygens (including phenoxy) is 1. The number of pyridine rings is 1. The van der Waals surface area contributed by atoms with Crippen LogP contribution in [-0.2, 0) is 33.6 Å². The molecule has 3 aliphatic rings. The Balaban J connectivity index is 1.04. The van der Waals surface area contributed by atoms with Crippen LogP contribution in [0.25, 0.3) is 0 Å². The number of fused-ring (bicyclic) bond motifs is 1.